The Hall–Kier alpha value is -4.05. The highest BCUT2D eigenvalue weighted by atomic mass is 32.2. The van der Waals surface area contributed by atoms with Crippen molar-refractivity contribution in [3.05, 3.63) is 84.4 Å². The molecule has 3 aromatic carbocycles. The number of benzene rings is 3. The Labute approximate surface area is 243 Å². The van der Waals surface area contributed by atoms with Crippen LogP contribution in [0.1, 0.15) is 39.7 Å². The third kappa shape index (κ3) is 8.23. The number of rotatable bonds is 14. The van der Waals surface area contributed by atoms with Crippen molar-refractivity contribution in [3.8, 4) is 11.5 Å². The first-order valence-electron chi connectivity index (χ1n) is 13.6. The number of hydrogen-bond acceptors (Lipinski definition) is 6. The molecule has 0 radical (unpaired) electrons. The van der Waals surface area contributed by atoms with Gasteiger partial charge < -0.3 is 19.7 Å². The zero-order valence-corrected chi connectivity index (χ0v) is 25.1. The molecular formula is C31H39N3O6S. The van der Waals surface area contributed by atoms with E-state index < -0.39 is 28.5 Å². The minimum atomic E-state index is -4.16. The number of nitrogens with one attached hydrogen (secondary N) is 1. The van der Waals surface area contributed by atoms with Crippen molar-refractivity contribution in [1.82, 2.24) is 10.2 Å². The molecule has 41 heavy (non-hydrogen) atoms. The highest BCUT2D eigenvalue weighted by molar-refractivity contribution is 7.92. The van der Waals surface area contributed by atoms with Gasteiger partial charge in [0.2, 0.25) is 11.8 Å². The van der Waals surface area contributed by atoms with Gasteiger partial charge in [-0.15, -0.1) is 0 Å². The molecule has 0 aliphatic rings. The molecule has 0 saturated carbocycles. The minimum Gasteiger partial charge on any atom is -0.497 e. The maximum absolute atomic E-state index is 14.1. The molecule has 0 bridgehead atoms. The Bertz CT molecular complexity index is 1390. The third-order valence-corrected chi connectivity index (χ3v) is 8.14. The predicted octanol–water partition coefficient (Wildman–Crippen LogP) is 4.62. The van der Waals surface area contributed by atoms with Crippen LogP contribution in [0.2, 0.25) is 0 Å². The molecule has 220 valence electrons. The van der Waals surface area contributed by atoms with Gasteiger partial charge in [-0.2, -0.15) is 0 Å². The maximum atomic E-state index is 14.1. The molecule has 1 N–H and O–H groups in total. The monoisotopic (exact) mass is 581 g/mol. The first-order valence-corrected chi connectivity index (χ1v) is 15.1. The number of nitrogens with zero attached hydrogens (tertiary/aromatic N) is 2. The summed E-state index contributed by atoms with van der Waals surface area (Å²) in [5.41, 5.74) is 1.07. The number of carbonyl (C=O) groups is 2. The Morgan fingerprint density at radius 3 is 2.17 bits per heavy atom. The van der Waals surface area contributed by atoms with Gasteiger partial charge in [0.1, 0.15) is 24.1 Å². The van der Waals surface area contributed by atoms with Gasteiger partial charge in [0, 0.05) is 12.6 Å². The summed E-state index contributed by atoms with van der Waals surface area (Å²) in [6.45, 7) is 7.39. The number of ether oxygens (including phenoxy) is 2. The van der Waals surface area contributed by atoms with E-state index in [1.54, 1.807) is 67.8 Å². The molecular weight excluding hydrogens is 542 g/mol. The molecule has 9 nitrogen and oxygen atoms in total. The van der Waals surface area contributed by atoms with E-state index in [0.717, 1.165) is 9.87 Å². The van der Waals surface area contributed by atoms with E-state index in [1.807, 2.05) is 33.8 Å². The quantitative estimate of drug-likeness (QED) is 0.298. The van der Waals surface area contributed by atoms with Crippen LogP contribution in [0.15, 0.2) is 83.8 Å². The fourth-order valence-electron chi connectivity index (χ4n) is 4.39. The van der Waals surface area contributed by atoms with Crippen molar-refractivity contribution < 1.29 is 27.5 Å². The van der Waals surface area contributed by atoms with Crippen LogP contribution in [-0.4, -0.2) is 57.5 Å². The lowest BCUT2D eigenvalue weighted by molar-refractivity contribution is -0.140. The molecule has 3 aromatic rings. The summed E-state index contributed by atoms with van der Waals surface area (Å²) in [7, 11) is -2.61. The Morgan fingerprint density at radius 1 is 0.902 bits per heavy atom. The number of sulfonamides is 1. The topological polar surface area (TPSA) is 105 Å². The molecule has 10 heteroatoms. The van der Waals surface area contributed by atoms with Crippen LogP contribution in [0.3, 0.4) is 0 Å². The normalized spacial score (nSPS) is 12.0. The Morgan fingerprint density at radius 2 is 1.59 bits per heavy atom. The van der Waals surface area contributed by atoms with E-state index in [1.165, 1.54) is 17.0 Å². The maximum Gasteiger partial charge on any atom is 0.264 e. The molecule has 2 amide bonds. The van der Waals surface area contributed by atoms with Crippen LogP contribution in [0.5, 0.6) is 11.5 Å². The minimum absolute atomic E-state index is 0.0153. The fourth-order valence-corrected chi connectivity index (χ4v) is 5.81. The van der Waals surface area contributed by atoms with E-state index in [2.05, 4.69) is 5.32 Å². The Balaban J connectivity index is 2.03. The molecule has 0 saturated heterocycles. The predicted molar refractivity (Wildman–Crippen MR) is 159 cm³/mol. The van der Waals surface area contributed by atoms with Gasteiger partial charge >= 0.3 is 0 Å². The highest BCUT2D eigenvalue weighted by Gasteiger charge is 2.33. The van der Waals surface area contributed by atoms with Crippen molar-refractivity contribution in [2.45, 2.75) is 57.6 Å². The third-order valence-electron chi connectivity index (χ3n) is 6.35. The Kier molecular flexibility index (Phi) is 11.2. The number of para-hydroxylation sites is 1. The number of anilines is 1. The zero-order chi connectivity index (χ0) is 30.0. The summed E-state index contributed by atoms with van der Waals surface area (Å²) < 4.78 is 39.8. The van der Waals surface area contributed by atoms with Gasteiger partial charge in [-0.1, -0.05) is 37.3 Å². The molecule has 0 heterocycles. The van der Waals surface area contributed by atoms with E-state index in [4.69, 9.17) is 9.47 Å². The van der Waals surface area contributed by atoms with E-state index in [0.29, 0.717) is 30.2 Å². The molecule has 1 atom stereocenters. The fraction of sp³-hybridized carbons (Fsp3) is 0.355. The van der Waals surface area contributed by atoms with E-state index in [-0.39, 0.29) is 23.4 Å². The lowest BCUT2D eigenvalue weighted by Crippen LogP contribution is -2.53. The smallest absolute Gasteiger partial charge is 0.264 e. The van der Waals surface area contributed by atoms with Gasteiger partial charge in [-0.3, -0.25) is 13.9 Å². The number of amides is 2. The summed E-state index contributed by atoms with van der Waals surface area (Å²) in [4.78, 5) is 28.8. The summed E-state index contributed by atoms with van der Waals surface area (Å²) in [6.07, 6.45) is 0.339. The number of carbonyl (C=O) groups excluding carboxylic acids is 2. The zero-order valence-electron chi connectivity index (χ0n) is 24.2. The summed E-state index contributed by atoms with van der Waals surface area (Å²) >= 11 is 0. The van der Waals surface area contributed by atoms with Crippen LogP contribution in [-0.2, 0) is 26.2 Å². The SMILES string of the molecule is CCOc1ccc(S(=O)(=O)N(CC(=O)N(Cc2cccc(OC)c2)C(CC)C(=O)NC(C)C)c2ccccc2)cc1. The summed E-state index contributed by atoms with van der Waals surface area (Å²) in [5.74, 6) is 0.329. The van der Waals surface area contributed by atoms with Crippen molar-refractivity contribution >= 4 is 27.5 Å². The lowest BCUT2D eigenvalue weighted by Gasteiger charge is -2.33. The molecule has 0 fully saturated rings. The highest BCUT2D eigenvalue weighted by Crippen LogP contribution is 2.26. The van der Waals surface area contributed by atoms with Crippen molar-refractivity contribution in [2.75, 3.05) is 24.6 Å². The summed E-state index contributed by atoms with van der Waals surface area (Å²) in [6, 6.07) is 20.8. The van der Waals surface area contributed by atoms with Crippen LogP contribution in [0, 0.1) is 0 Å². The van der Waals surface area contributed by atoms with E-state index >= 15 is 0 Å². The number of methoxy groups -OCH3 is 1. The molecule has 3 rings (SSSR count). The largest absolute Gasteiger partial charge is 0.497 e. The van der Waals surface area contributed by atoms with E-state index in [9.17, 15) is 18.0 Å². The van der Waals surface area contributed by atoms with Gasteiger partial charge in [-0.25, -0.2) is 8.42 Å². The average Bonchev–Trinajstić information content (AvgIpc) is 2.96. The van der Waals surface area contributed by atoms with Crippen molar-refractivity contribution in [1.29, 1.82) is 0 Å². The second-order valence-electron chi connectivity index (χ2n) is 9.71. The molecule has 0 spiro atoms. The van der Waals surface area contributed by atoms with Crippen molar-refractivity contribution in [3.63, 3.8) is 0 Å². The number of hydrogen-bond donors (Lipinski definition) is 1. The average molecular weight is 582 g/mol. The van der Waals surface area contributed by atoms with Crippen molar-refractivity contribution in [2.24, 2.45) is 0 Å². The van der Waals surface area contributed by atoms with Crippen LogP contribution < -0.4 is 19.1 Å². The lowest BCUT2D eigenvalue weighted by atomic mass is 10.1. The standard InChI is InChI=1S/C31H39N3O6S/c1-6-29(31(36)32-23(3)4)33(21-24-12-11-15-27(20-24)39-5)30(35)22-34(25-13-9-8-10-14-25)41(37,38)28-18-16-26(17-19-28)40-7-2/h8-20,23,29H,6-7,21-22H2,1-5H3,(H,32,36). The molecule has 0 aliphatic carbocycles. The van der Waals surface area contributed by atoms with Crippen LogP contribution in [0.25, 0.3) is 0 Å². The first-order chi connectivity index (χ1) is 19.6. The summed E-state index contributed by atoms with van der Waals surface area (Å²) in [5, 5.41) is 2.89. The van der Waals surface area contributed by atoms with Gasteiger partial charge in [-0.05, 0) is 81.3 Å². The molecule has 0 aromatic heterocycles. The van der Waals surface area contributed by atoms with Gasteiger partial charge in [0.15, 0.2) is 0 Å². The molecule has 1 unspecified atom stereocenters. The second-order valence-corrected chi connectivity index (χ2v) is 11.6. The van der Waals surface area contributed by atoms with Gasteiger partial charge in [0.25, 0.3) is 10.0 Å². The second kappa shape index (κ2) is 14.5. The van der Waals surface area contributed by atoms with Crippen LogP contribution in [0.4, 0.5) is 5.69 Å². The first kappa shape index (κ1) is 31.5. The van der Waals surface area contributed by atoms with Crippen LogP contribution >= 0.6 is 0 Å². The van der Waals surface area contributed by atoms with Gasteiger partial charge in [0.05, 0.1) is 24.3 Å². The molecule has 0 aliphatic heterocycles.